The maximum atomic E-state index is 13.4. The summed E-state index contributed by atoms with van der Waals surface area (Å²) in [7, 11) is 2.73. The molecule has 0 aliphatic carbocycles. The lowest BCUT2D eigenvalue weighted by Crippen LogP contribution is -2.52. The highest BCUT2D eigenvalue weighted by Crippen LogP contribution is 2.45. The van der Waals surface area contributed by atoms with E-state index in [9.17, 15) is 35.9 Å². The van der Waals surface area contributed by atoms with Crippen molar-refractivity contribution in [3.63, 3.8) is 0 Å². The molecule has 0 aromatic heterocycles. The normalized spacial score (nSPS) is 17.7. The van der Waals surface area contributed by atoms with Crippen LogP contribution >= 0.6 is 0 Å². The van der Waals surface area contributed by atoms with Crippen molar-refractivity contribution in [3.8, 4) is 11.5 Å². The molecule has 2 aromatic rings. The van der Waals surface area contributed by atoms with E-state index in [-0.39, 0.29) is 41.8 Å². The van der Waals surface area contributed by atoms with Gasteiger partial charge in [-0.2, -0.15) is 26.3 Å². The predicted molar refractivity (Wildman–Crippen MR) is 139 cm³/mol. The minimum atomic E-state index is -5.01. The third kappa shape index (κ3) is 7.39. The average molecular weight is 607 g/mol. The number of carbonyl (C=O) groups excluding carboxylic acids is 2. The highest BCUT2D eigenvalue weighted by Gasteiger charge is 2.43. The van der Waals surface area contributed by atoms with Crippen molar-refractivity contribution in [2.75, 3.05) is 25.7 Å². The largest absolute Gasteiger partial charge is 0.493 e. The van der Waals surface area contributed by atoms with Crippen LogP contribution in [0.25, 0.3) is 0 Å². The van der Waals surface area contributed by atoms with E-state index in [4.69, 9.17) is 18.9 Å². The van der Waals surface area contributed by atoms with Crippen LogP contribution in [0.3, 0.4) is 0 Å². The summed E-state index contributed by atoms with van der Waals surface area (Å²) in [6.45, 7) is 4.61. The summed E-state index contributed by atoms with van der Waals surface area (Å²) in [6, 6.07) is 2.18. The van der Waals surface area contributed by atoms with Crippen LogP contribution in [0, 0.1) is 0 Å². The van der Waals surface area contributed by atoms with Crippen LogP contribution in [-0.2, 0) is 33.2 Å². The highest BCUT2D eigenvalue weighted by atomic mass is 19.4. The molecule has 0 radical (unpaired) electrons. The topological polar surface area (TPSA) is 86.3 Å². The van der Waals surface area contributed by atoms with Crippen LogP contribution in [0.4, 0.5) is 36.8 Å². The zero-order valence-electron chi connectivity index (χ0n) is 23.6. The third-order valence-electron chi connectivity index (χ3n) is 6.77. The smallest absolute Gasteiger partial charge is 0.416 e. The first-order chi connectivity index (χ1) is 19.6. The van der Waals surface area contributed by atoms with E-state index in [1.54, 1.807) is 20.8 Å². The van der Waals surface area contributed by atoms with E-state index in [0.29, 0.717) is 24.1 Å². The molecule has 0 saturated carbocycles. The summed E-state index contributed by atoms with van der Waals surface area (Å²) in [6.07, 6.45) is -11.0. The van der Waals surface area contributed by atoms with Gasteiger partial charge in [-0.05, 0) is 62.1 Å². The van der Waals surface area contributed by atoms with Crippen molar-refractivity contribution in [2.45, 2.75) is 70.7 Å². The fourth-order valence-corrected chi connectivity index (χ4v) is 4.53. The van der Waals surface area contributed by atoms with Gasteiger partial charge < -0.3 is 24.3 Å². The monoisotopic (exact) mass is 606 g/mol. The van der Waals surface area contributed by atoms with E-state index < -0.39 is 60.3 Å². The molecule has 0 saturated heterocycles. The van der Waals surface area contributed by atoms with Crippen LogP contribution < -0.4 is 19.7 Å². The van der Waals surface area contributed by atoms with E-state index >= 15 is 0 Å². The molecule has 1 aliphatic rings. The first-order valence-corrected chi connectivity index (χ1v) is 13.1. The minimum Gasteiger partial charge on any atom is -0.493 e. The zero-order valence-corrected chi connectivity index (χ0v) is 23.6. The van der Waals surface area contributed by atoms with Gasteiger partial charge in [0.15, 0.2) is 11.5 Å². The van der Waals surface area contributed by atoms with Crippen LogP contribution in [-0.4, -0.2) is 45.0 Å². The summed E-state index contributed by atoms with van der Waals surface area (Å²) in [4.78, 5) is 27.5. The number of benzene rings is 2. The Hall–Kier alpha value is -3.68. The molecular weight excluding hydrogens is 574 g/mol. The fraction of sp³-hybridized carbons (Fsp3) is 0.500. The summed E-state index contributed by atoms with van der Waals surface area (Å²) < 4.78 is 102. The molecule has 2 aromatic carbocycles. The van der Waals surface area contributed by atoms with Crippen molar-refractivity contribution >= 4 is 17.7 Å². The number of carbonyl (C=O) groups is 2. The summed E-state index contributed by atoms with van der Waals surface area (Å²) in [5.74, 6) is -0.330. The molecule has 3 rings (SSSR count). The maximum Gasteiger partial charge on any atom is 0.416 e. The van der Waals surface area contributed by atoms with Crippen LogP contribution in [0.15, 0.2) is 30.3 Å². The molecule has 232 valence electrons. The van der Waals surface area contributed by atoms with Gasteiger partial charge in [-0.25, -0.2) is 9.59 Å². The van der Waals surface area contributed by atoms with Gasteiger partial charge in [-0.15, -0.1) is 0 Å². The van der Waals surface area contributed by atoms with Crippen molar-refractivity contribution in [2.24, 2.45) is 0 Å². The number of anilines is 1. The lowest BCUT2D eigenvalue weighted by molar-refractivity contribution is -0.145. The molecule has 0 fully saturated rings. The number of nitrogens with one attached hydrogen (secondary N) is 1. The van der Waals surface area contributed by atoms with E-state index in [0.717, 1.165) is 4.90 Å². The predicted octanol–water partition coefficient (Wildman–Crippen LogP) is 6.65. The Morgan fingerprint density at radius 2 is 1.52 bits per heavy atom. The number of esters is 1. The number of hydrogen-bond donors (Lipinski definition) is 1. The molecule has 0 spiro atoms. The van der Waals surface area contributed by atoms with Gasteiger partial charge in [0.2, 0.25) is 0 Å². The third-order valence-corrected chi connectivity index (χ3v) is 6.77. The first kappa shape index (κ1) is 32.8. The molecular formula is C28H32F6N2O6. The molecule has 42 heavy (non-hydrogen) atoms. The number of nitrogens with zero attached hydrogens (tertiary/aromatic N) is 1. The van der Waals surface area contributed by atoms with Gasteiger partial charge in [-0.3, -0.25) is 4.90 Å². The Labute approximate surface area is 238 Å². The second kappa shape index (κ2) is 13.1. The summed E-state index contributed by atoms with van der Waals surface area (Å²) in [5, 5.41) is 2.96. The fourth-order valence-electron chi connectivity index (χ4n) is 4.53. The molecule has 1 unspecified atom stereocenters. The Balaban J connectivity index is 2.11. The van der Waals surface area contributed by atoms with Gasteiger partial charge in [0.25, 0.3) is 0 Å². The van der Waals surface area contributed by atoms with Crippen LogP contribution in [0.2, 0.25) is 0 Å². The standard InChI is InChI=1S/C28H32F6N2O6/c1-6-15(3)42-26(38)36-21-13-24(40-5)23(39-4)11-19(21)20(12-22(36)25(37)41-7-2)35-14-16-8-17(27(29,30)31)10-18(9-16)28(32,33)34/h8-11,13,15,20,22,35H,6-7,12,14H2,1-5H3/t15?,20-,22-/m1/s1. The number of hydrogen-bond acceptors (Lipinski definition) is 7. The number of amides is 1. The molecule has 3 atom stereocenters. The number of alkyl halides is 6. The van der Waals surface area contributed by atoms with Gasteiger partial charge in [0.1, 0.15) is 12.1 Å². The van der Waals surface area contributed by atoms with E-state index in [1.165, 1.54) is 26.4 Å². The lowest BCUT2D eigenvalue weighted by Gasteiger charge is -2.40. The van der Waals surface area contributed by atoms with Gasteiger partial charge in [0, 0.05) is 18.7 Å². The lowest BCUT2D eigenvalue weighted by atomic mass is 9.90. The number of methoxy groups -OCH3 is 2. The number of rotatable bonds is 9. The second-order valence-electron chi connectivity index (χ2n) is 9.59. The van der Waals surface area contributed by atoms with Crippen molar-refractivity contribution in [1.82, 2.24) is 5.32 Å². The summed E-state index contributed by atoms with van der Waals surface area (Å²) >= 11 is 0. The Morgan fingerprint density at radius 3 is 2.02 bits per heavy atom. The van der Waals surface area contributed by atoms with Gasteiger partial charge in [-0.1, -0.05) is 6.92 Å². The Kier molecular flexibility index (Phi) is 10.2. The molecule has 1 amide bonds. The molecule has 1 N–H and O–H groups in total. The van der Waals surface area contributed by atoms with Crippen LogP contribution in [0.1, 0.15) is 61.9 Å². The summed E-state index contributed by atoms with van der Waals surface area (Å²) in [5.41, 5.74) is -2.65. The molecule has 1 heterocycles. The average Bonchev–Trinajstić information content (AvgIpc) is 2.93. The number of halogens is 6. The SMILES string of the molecule is CCOC(=O)[C@H]1C[C@@H](NCc2cc(C(F)(F)F)cc(C(F)(F)F)c2)c2cc(OC)c(OC)cc2N1C(=O)OC(C)CC. The quantitative estimate of drug-likeness (QED) is 0.253. The number of fused-ring (bicyclic) bond motifs is 1. The zero-order chi connectivity index (χ0) is 31.4. The molecule has 14 heteroatoms. The maximum absolute atomic E-state index is 13.4. The molecule has 1 aliphatic heterocycles. The first-order valence-electron chi connectivity index (χ1n) is 13.1. The molecule has 8 nitrogen and oxygen atoms in total. The van der Waals surface area contributed by atoms with Crippen molar-refractivity contribution < 1.29 is 54.9 Å². The van der Waals surface area contributed by atoms with Crippen molar-refractivity contribution in [1.29, 1.82) is 0 Å². The minimum absolute atomic E-state index is 0.00900. The van der Waals surface area contributed by atoms with Crippen molar-refractivity contribution in [3.05, 3.63) is 52.6 Å². The van der Waals surface area contributed by atoms with E-state index in [2.05, 4.69) is 5.32 Å². The Bertz CT molecular complexity index is 1250. The Morgan fingerprint density at radius 1 is 0.952 bits per heavy atom. The number of ether oxygens (including phenoxy) is 4. The molecule has 0 bridgehead atoms. The highest BCUT2D eigenvalue weighted by molar-refractivity contribution is 5.98. The van der Waals surface area contributed by atoms with Gasteiger partial charge >= 0.3 is 24.4 Å². The van der Waals surface area contributed by atoms with Gasteiger partial charge in [0.05, 0.1) is 37.6 Å². The van der Waals surface area contributed by atoms with E-state index in [1.807, 2.05) is 0 Å². The second-order valence-corrected chi connectivity index (χ2v) is 9.59. The van der Waals surface area contributed by atoms with Crippen LogP contribution in [0.5, 0.6) is 11.5 Å².